The van der Waals surface area contributed by atoms with E-state index in [1.807, 2.05) is 0 Å². The van der Waals surface area contributed by atoms with Crippen molar-refractivity contribution in [3.63, 3.8) is 0 Å². The van der Waals surface area contributed by atoms with Crippen molar-refractivity contribution in [1.82, 2.24) is 0 Å². The number of benzene rings is 3. The molecule has 32 heavy (non-hydrogen) atoms. The molecule has 0 aromatic heterocycles. The second kappa shape index (κ2) is 10.1. The zero-order valence-electron chi connectivity index (χ0n) is 20.2. The number of alkyl halides is 1. The quantitative estimate of drug-likeness (QED) is 0.212. The minimum atomic E-state index is -2.67. The maximum atomic E-state index is 7.27. The predicted octanol–water partition coefficient (Wildman–Crippen LogP) is 6.56. The Morgan fingerprint density at radius 2 is 1.34 bits per heavy atom. The Bertz CT molecular complexity index is 987. The van der Waals surface area contributed by atoms with Crippen LogP contribution < -0.4 is 19.5 Å². The molecule has 0 aliphatic heterocycles. The monoisotopic (exact) mass is 466 g/mol. The first-order valence-electron chi connectivity index (χ1n) is 11.3. The van der Waals surface area contributed by atoms with Crippen LogP contribution in [0.3, 0.4) is 0 Å². The highest BCUT2D eigenvalue weighted by atomic mass is 35.5. The summed E-state index contributed by atoms with van der Waals surface area (Å²) in [4.78, 5) is 0. The summed E-state index contributed by atoms with van der Waals surface area (Å²) in [5.41, 5.74) is 3.35. The number of ether oxygens (including phenoxy) is 1. The van der Waals surface area contributed by atoms with Crippen LogP contribution in [-0.2, 0) is 0 Å². The molecule has 0 amide bonds. The van der Waals surface area contributed by atoms with Crippen molar-refractivity contribution >= 4 is 30.3 Å². The van der Waals surface area contributed by atoms with Gasteiger partial charge in [0.2, 0.25) is 0 Å². The molecule has 3 aromatic carbocycles. The van der Waals surface area contributed by atoms with E-state index in [4.69, 9.17) is 20.8 Å². The van der Waals surface area contributed by atoms with Crippen molar-refractivity contribution in [2.75, 3.05) is 12.5 Å². The van der Waals surface area contributed by atoms with Crippen molar-refractivity contribution in [3.05, 3.63) is 83.4 Å². The van der Waals surface area contributed by atoms with E-state index in [1.165, 1.54) is 10.4 Å². The fourth-order valence-electron chi connectivity index (χ4n) is 4.39. The molecule has 0 N–H and O–H groups in total. The fourth-order valence-corrected chi connectivity index (χ4v) is 8.97. The molecule has 0 atom stereocenters. The summed E-state index contributed by atoms with van der Waals surface area (Å²) in [5, 5.41) is 2.46. The van der Waals surface area contributed by atoms with Crippen LogP contribution >= 0.6 is 11.6 Å². The first-order valence-corrected chi connectivity index (χ1v) is 13.8. The van der Waals surface area contributed by atoms with E-state index < -0.39 is 8.32 Å². The Balaban J connectivity index is 2.19. The van der Waals surface area contributed by atoms with Crippen molar-refractivity contribution in [2.45, 2.75) is 53.0 Å². The molecule has 4 heteroatoms. The maximum Gasteiger partial charge on any atom is 0.319 e. The summed E-state index contributed by atoms with van der Waals surface area (Å²) in [6.07, 6.45) is 0.833. The zero-order chi connectivity index (χ0) is 23.4. The molecule has 0 heterocycles. The lowest BCUT2D eigenvalue weighted by Crippen LogP contribution is -2.68. The highest BCUT2D eigenvalue weighted by molar-refractivity contribution is 7.00. The molecule has 170 valence electrons. The average Bonchev–Trinajstić information content (AvgIpc) is 2.78. The summed E-state index contributed by atoms with van der Waals surface area (Å²) in [6.45, 7) is 13.9. The number of rotatable bonds is 8. The van der Waals surface area contributed by atoms with Gasteiger partial charge in [0.25, 0.3) is 0 Å². The van der Waals surface area contributed by atoms with Gasteiger partial charge in [0, 0.05) is 5.88 Å². The van der Waals surface area contributed by atoms with Crippen LogP contribution in [0.15, 0.2) is 66.7 Å². The lowest BCUT2D eigenvalue weighted by molar-refractivity contribution is 0.313. The Morgan fingerprint density at radius 3 is 1.81 bits per heavy atom. The highest BCUT2D eigenvalue weighted by Gasteiger charge is 2.52. The molecule has 0 saturated carbocycles. The van der Waals surface area contributed by atoms with E-state index in [9.17, 15) is 0 Å². The molecule has 0 aliphatic rings. The molecule has 0 saturated heterocycles. The molecule has 2 nitrogen and oxygen atoms in total. The molecule has 0 aliphatic carbocycles. The SMILES string of the molecule is Cc1cc(O[Si](c2ccccc2)(c2ccccc2)C(C)(C)C)c(C)c(C)c1OCCCCl. The van der Waals surface area contributed by atoms with E-state index in [1.54, 1.807) is 0 Å². The highest BCUT2D eigenvalue weighted by Crippen LogP contribution is 2.40. The topological polar surface area (TPSA) is 18.5 Å². The Hall–Kier alpha value is -2.23. The van der Waals surface area contributed by atoms with Crippen LogP contribution in [0, 0.1) is 20.8 Å². The molecule has 3 aromatic rings. The van der Waals surface area contributed by atoms with Gasteiger partial charge in [0.05, 0.1) is 6.61 Å². The van der Waals surface area contributed by atoms with E-state index in [0.29, 0.717) is 12.5 Å². The first-order chi connectivity index (χ1) is 15.2. The van der Waals surface area contributed by atoms with Gasteiger partial charge in [0.15, 0.2) is 0 Å². The number of halogens is 1. The smallest absolute Gasteiger partial charge is 0.319 e. The Kier molecular flexibility index (Phi) is 7.74. The molecule has 3 rings (SSSR count). The summed E-state index contributed by atoms with van der Waals surface area (Å²) < 4.78 is 13.4. The standard InChI is InChI=1S/C28H35ClO2Si/c1-21-20-26(22(2)23(3)27(21)30-19-13-18-29)31-32(28(4,5)6,24-14-9-7-10-15-24)25-16-11-8-12-17-25/h7-12,14-17,20H,13,18-19H2,1-6H3. The summed E-state index contributed by atoms with van der Waals surface area (Å²) >= 11 is 5.84. The molecule has 0 radical (unpaired) electrons. The lowest BCUT2D eigenvalue weighted by atomic mass is 10.0. The van der Waals surface area contributed by atoms with Crippen LogP contribution in [0.25, 0.3) is 0 Å². The predicted molar refractivity (Wildman–Crippen MR) is 140 cm³/mol. The van der Waals surface area contributed by atoms with Crippen molar-refractivity contribution in [3.8, 4) is 11.5 Å². The maximum absolute atomic E-state index is 7.27. The van der Waals surface area contributed by atoms with Gasteiger partial charge >= 0.3 is 8.32 Å². The summed E-state index contributed by atoms with van der Waals surface area (Å²) in [6, 6.07) is 23.7. The van der Waals surface area contributed by atoms with Gasteiger partial charge in [-0.3, -0.25) is 0 Å². The molecule has 0 bridgehead atoms. The largest absolute Gasteiger partial charge is 0.534 e. The van der Waals surface area contributed by atoms with Crippen LogP contribution in [-0.4, -0.2) is 20.8 Å². The van der Waals surface area contributed by atoms with Crippen molar-refractivity contribution < 1.29 is 9.16 Å². The Labute approximate surface area is 199 Å². The summed E-state index contributed by atoms with van der Waals surface area (Å²) in [5.74, 6) is 2.49. The minimum Gasteiger partial charge on any atom is -0.534 e. The first kappa shape index (κ1) is 24.4. The van der Waals surface area contributed by atoms with Gasteiger partial charge in [-0.05, 0) is 65.4 Å². The normalized spacial score (nSPS) is 12.0. The van der Waals surface area contributed by atoms with Crippen molar-refractivity contribution in [1.29, 1.82) is 0 Å². The van der Waals surface area contributed by atoms with Crippen LogP contribution in [0.5, 0.6) is 11.5 Å². The fraction of sp³-hybridized carbons (Fsp3) is 0.357. The summed E-state index contributed by atoms with van der Waals surface area (Å²) in [7, 11) is -2.67. The number of hydrogen-bond acceptors (Lipinski definition) is 2. The lowest BCUT2D eigenvalue weighted by Gasteiger charge is -2.43. The second-order valence-electron chi connectivity index (χ2n) is 9.43. The van der Waals surface area contributed by atoms with E-state index in [2.05, 4.69) is 108 Å². The van der Waals surface area contributed by atoms with Gasteiger partial charge in [-0.15, -0.1) is 11.6 Å². The van der Waals surface area contributed by atoms with Crippen molar-refractivity contribution in [2.24, 2.45) is 0 Å². The average molecular weight is 467 g/mol. The van der Waals surface area contributed by atoms with Gasteiger partial charge in [-0.1, -0.05) is 81.4 Å². The van der Waals surface area contributed by atoms with Gasteiger partial charge in [-0.2, -0.15) is 0 Å². The van der Waals surface area contributed by atoms with Crippen LogP contribution in [0.1, 0.15) is 43.9 Å². The third-order valence-electron chi connectivity index (χ3n) is 6.18. The molecular formula is C28H35ClO2Si. The van der Waals surface area contributed by atoms with Gasteiger partial charge in [-0.25, -0.2) is 0 Å². The van der Waals surface area contributed by atoms with E-state index >= 15 is 0 Å². The number of aryl methyl sites for hydroxylation is 1. The number of hydrogen-bond donors (Lipinski definition) is 0. The third kappa shape index (κ3) is 4.74. The van der Waals surface area contributed by atoms with Gasteiger partial charge in [0.1, 0.15) is 11.5 Å². The zero-order valence-corrected chi connectivity index (χ0v) is 21.9. The van der Waals surface area contributed by atoms with Crippen LogP contribution in [0.2, 0.25) is 5.04 Å². The van der Waals surface area contributed by atoms with E-state index in [-0.39, 0.29) is 5.04 Å². The third-order valence-corrected chi connectivity index (χ3v) is 11.4. The second-order valence-corrected chi connectivity index (χ2v) is 14.0. The molecule has 0 unspecified atom stereocenters. The molecule has 0 fully saturated rings. The van der Waals surface area contributed by atoms with Crippen LogP contribution in [0.4, 0.5) is 0 Å². The minimum absolute atomic E-state index is 0.0839. The molecular weight excluding hydrogens is 432 g/mol. The van der Waals surface area contributed by atoms with Gasteiger partial charge < -0.3 is 9.16 Å². The Morgan fingerprint density at radius 1 is 0.812 bits per heavy atom. The van der Waals surface area contributed by atoms with E-state index in [0.717, 1.165) is 34.6 Å². The molecule has 0 spiro atoms.